The molecule has 0 unspecified atom stereocenters. The second-order valence-corrected chi connectivity index (χ2v) is 7.20. The lowest BCUT2D eigenvalue weighted by Crippen LogP contribution is -2.10. The Balaban J connectivity index is 2.00. The first-order valence-electron chi connectivity index (χ1n) is 7.43. The zero-order chi connectivity index (χ0) is 15.9. The van der Waals surface area contributed by atoms with Crippen LogP contribution < -0.4 is 4.74 Å². The van der Waals surface area contributed by atoms with Crippen LogP contribution in [0, 0.1) is 6.92 Å². The van der Waals surface area contributed by atoms with E-state index in [1.165, 1.54) is 12.8 Å². The molecular weight excluding hydrogens is 362 g/mol. The molecule has 2 aromatic rings. The van der Waals surface area contributed by atoms with Gasteiger partial charge in [-0.3, -0.25) is 0 Å². The van der Waals surface area contributed by atoms with Crippen molar-refractivity contribution in [2.24, 2.45) is 0 Å². The van der Waals surface area contributed by atoms with E-state index in [1.54, 1.807) is 6.26 Å². The average Bonchev–Trinajstić information content (AvgIpc) is 3.20. The fourth-order valence-electron chi connectivity index (χ4n) is 2.50. The molecule has 5 heteroatoms. The van der Waals surface area contributed by atoms with Gasteiger partial charge in [0.05, 0.1) is 26.7 Å². The molecule has 116 valence electrons. The summed E-state index contributed by atoms with van der Waals surface area (Å²) in [6, 6.07) is 4.01. The van der Waals surface area contributed by atoms with E-state index in [9.17, 15) is 0 Å². The van der Waals surface area contributed by atoms with Crippen LogP contribution in [0.4, 0.5) is 0 Å². The Kier molecular flexibility index (Phi) is 4.37. The third-order valence-corrected chi connectivity index (χ3v) is 4.83. The van der Waals surface area contributed by atoms with Gasteiger partial charge in [-0.05, 0) is 61.2 Å². The van der Waals surface area contributed by atoms with E-state index in [2.05, 4.69) is 21.1 Å². The quantitative estimate of drug-likeness (QED) is 0.529. The molecule has 0 bridgehead atoms. The van der Waals surface area contributed by atoms with Gasteiger partial charge in [0.25, 0.3) is 0 Å². The summed E-state index contributed by atoms with van der Waals surface area (Å²) in [5.41, 5.74) is 3.98. The minimum Gasteiger partial charge on any atom is -0.490 e. The van der Waals surface area contributed by atoms with Gasteiger partial charge in [0.2, 0.25) is 0 Å². The highest BCUT2D eigenvalue weighted by Gasteiger charge is 2.31. The normalized spacial score (nSPS) is 14.4. The van der Waals surface area contributed by atoms with Gasteiger partial charge in [0.1, 0.15) is 12.0 Å². The number of hydrogen-bond donors (Lipinski definition) is 0. The van der Waals surface area contributed by atoms with Crippen LogP contribution >= 0.6 is 28.1 Å². The molecule has 3 rings (SSSR count). The lowest BCUT2D eigenvalue weighted by Gasteiger charge is -2.17. The number of ether oxygens (including phenoxy) is 1. The van der Waals surface area contributed by atoms with Crippen LogP contribution in [0.15, 0.2) is 27.4 Å². The second-order valence-electron chi connectivity index (χ2n) is 5.93. The summed E-state index contributed by atoms with van der Waals surface area (Å²) < 4.78 is 12.0. The van der Waals surface area contributed by atoms with Crippen molar-refractivity contribution in [3.63, 3.8) is 0 Å². The first-order valence-corrected chi connectivity index (χ1v) is 8.64. The second kappa shape index (κ2) is 6.13. The maximum Gasteiger partial charge on any atom is 0.137 e. The number of benzene rings is 1. The lowest BCUT2D eigenvalue weighted by atomic mass is 9.99. The summed E-state index contributed by atoms with van der Waals surface area (Å²) in [5.74, 6) is 1.35. The molecule has 0 spiro atoms. The van der Waals surface area contributed by atoms with Crippen LogP contribution in [0.2, 0.25) is 0 Å². The molecule has 1 saturated carbocycles. The number of rotatable bonds is 5. The molecule has 0 N–H and O–H groups in total. The standard InChI is InChI=1S/C17H18BrNO2S/c1-9(2)21-16-10(3)12(6-7-14(16)18)17(22)13-8-20-19-15(13)11-4-5-11/h6-9,11H,4-5H2,1-3H3. The molecule has 22 heavy (non-hydrogen) atoms. The molecule has 1 aliphatic carbocycles. The molecule has 1 aromatic carbocycles. The largest absolute Gasteiger partial charge is 0.490 e. The van der Waals surface area contributed by atoms with Gasteiger partial charge in [-0.15, -0.1) is 0 Å². The number of aromatic nitrogens is 1. The minimum absolute atomic E-state index is 0.108. The highest BCUT2D eigenvalue weighted by molar-refractivity contribution is 9.10. The Morgan fingerprint density at radius 2 is 2.09 bits per heavy atom. The highest BCUT2D eigenvalue weighted by Crippen LogP contribution is 2.42. The van der Waals surface area contributed by atoms with Crippen molar-refractivity contribution in [3.05, 3.63) is 45.3 Å². The van der Waals surface area contributed by atoms with E-state index in [0.717, 1.165) is 37.5 Å². The summed E-state index contributed by atoms with van der Waals surface area (Å²) >= 11 is 9.26. The third kappa shape index (κ3) is 2.97. The first-order chi connectivity index (χ1) is 10.5. The molecule has 3 nitrogen and oxygen atoms in total. The van der Waals surface area contributed by atoms with Crippen LogP contribution in [-0.2, 0) is 0 Å². The molecule has 0 aliphatic heterocycles. The predicted molar refractivity (Wildman–Crippen MR) is 93.9 cm³/mol. The Morgan fingerprint density at radius 3 is 2.73 bits per heavy atom. The van der Waals surface area contributed by atoms with Gasteiger partial charge in [0, 0.05) is 11.5 Å². The van der Waals surface area contributed by atoms with Gasteiger partial charge in [-0.25, -0.2) is 0 Å². The average molecular weight is 380 g/mol. The van der Waals surface area contributed by atoms with E-state index in [0.29, 0.717) is 5.92 Å². The molecular formula is C17H18BrNO2S. The Labute approximate surface area is 144 Å². The van der Waals surface area contributed by atoms with Crippen LogP contribution in [-0.4, -0.2) is 16.1 Å². The van der Waals surface area contributed by atoms with Crippen molar-refractivity contribution in [1.29, 1.82) is 0 Å². The fraction of sp³-hybridized carbons (Fsp3) is 0.412. The summed E-state index contributed by atoms with van der Waals surface area (Å²) in [6.45, 7) is 6.07. The third-order valence-electron chi connectivity index (χ3n) is 3.76. The lowest BCUT2D eigenvalue weighted by molar-refractivity contribution is 0.239. The van der Waals surface area contributed by atoms with E-state index in [1.807, 2.05) is 32.9 Å². The summed E-state index contributed by atoms with van der Waals surface area (Å²) in [6.07, 6.45) is 4.11. The molecule has 0 radical (unpaired) electrons. The number of hydrogen-bond acceptors (Lipinski definition) is 4. The van der Waals surface area contributed by atoms with Crippen LogP contribution in [0.3, 0.4) is 0 Å². The fourth-order valence-corrected chi connectivity index (χ4v) is 3.39. The van der Waals surface area contributed by atoms with Gasteiger partial charge < -0.3 is 9.26 Å². The van der Waals surface area contributed by atoms with Crippen molar-refractivity contribution < 1.29 is 9.26 Å². The number of halogens is 1. The van der Waals surface area contributed by atoms with Crippen molar-refractivity contribution in [1.82, 2.24) is 5.16 Å². The van der Waals surface area contributed by atoms with Gasteiger partial charge in [0.15, 0.2) is 0 Å². The molecule has 1 fully saturated rings. The van der Waals surface area contributed by atoms with Crippen molar-refractivity contribution >= 4 is 33.0 Å². The SMILES string of the molecule is Cc1c(C(=S)c2conc2C2CC2)ccc(Br)c1OC(C)C. The Hall–Kier alpha value is -1.20. The molecule has 1 heterocycles. The van der Waals surface area contributed by atoms with Crippen molar-refractivity contribution in [2.45, 2.75) is 45.6 Å². The molecule has 0 saturated heterocycles. The van der Waals surface area contributed by atoms with E-state index in [4.69, 9.17) is 21.5 Å². The molecule has 0 amide bonds. The number of nitrogens with zero attached hydrogens (tertiary/aromatic N) is 1. The topological polar surface area (TPSA) is 35.3 Å². The predicted octanol–water partition coefficient (Wildman–Crippen LogP) is 5.18. The zero-order valence-electron chi connectivity index (χ0n) is 12.9. The number of thiocarbonyl (C=S) groups is 1. The van der Waals surface area contributed by atoms with Crippen LogP contribution in [0.1, 0.15) is 55.0 Å². The van der Waals surface area contributed by atoms with Crippen LogP contribution in [0.5, 0.6) is 5.75 Å². The maximum absolute atomic E-state index is 5.93. The van der Waals surface area contributed by atoms with Gasteiger partial charge in [-0.2, -0.15) is 0 Å². The summed E-state index contributed by atoms with van der Waals surface area (Å²) in [7, 11) is 0. The summed E-state index contributed by atoms with van der Waals surface area (Å²) in [4.78, 5) is 0.779. The van der Waals surface area contributed by atoms with Crippen molar-refractivity contribution in [3.8, 4) is 5.75 Å². The minimum atomic E-state index is 0.108. The Morgan fingerprint density at radius 1 is 1.36 bits per heavy atom. The highest BCUT2D eigenvalue weighted by atomic mass is 79.9. The smallest absolute Gasteiger partial charge is 0.137 e. The van der Waals surface area contributed by atoms with Crippen LogP contribution in [0.25, 0.3) is 0 Å². The Bertz CT molecular complexity index is 719. The monoisotopic (exact) mass is 379 g/mol. The molecule has 1 aromatic heterocycles. The maximum atomic E-state index is 5.93. The van der Waals surface area contributed by atoms with Gasteiger partial charge >= 0.3 is 0 Å². The van der Waals surface area contributed by atoms with E-state index in [-0.39, 0.29) is 6.10 Å². The first kappa shape index (κ1) is 15.7. The van der Waals surface area contributed by atoms with Crippen molar-refractivity contribution in [2.75, 3.05) is 0 Å². The summed E-state index contributed by atoms with van der Waals surface area (Å²) in [5, 5.41) is 4.14. The zero-order valence-corrected chi connectivity index (χ0v) is 15.3. The van der Waals surface area contributed by atoms with E-state index < -0.39 is 0 Å². The molecule has 1 aliphatic rings. The van der Waals surface area contributed by atoms with E-state index >= 15 is 0 Å². The van der Waals surface area contributed by atoms with Gasteiger partial charge in [-0.1, -0.05) is 23.4 Å². The molecule has 0 atom stereocenters.